The van der Waals surface area contributed by atoms with E-state index >= 15 is 0 Å². The van der Waals surface area contributed by atoms with E-state index in [2.05, 4.69) is 182 Å². The van der Waals surface area contributed by atoms with Gasteiger partial charge in [0.1, 0.15) is 0 Å². The van der Waals surface area contributed by atoms with Crippen molar-refractivity contribution >= 4 is 86.2 Å². The van der Waals surface area contributed by atoms with Crippen molar-refractivity contribution in [2.24, 2.45) is 0 Å². The fraction of sp³-hybridized carbons (Fsp3) is 0. The van der Waals surface area contributed by atoms with Crippen molar-refractivity contribution in [3.05, 3.63) is 182 Å². The van der Waals surface area contributed by atoms with Gasteiger partial charge in [-0.25, -0.2) is 0 Å². The minimum absolute atomic E-state index is 1.25. The molecule has 0 amide bonds. The van der Waals surface area contributed by atoms with E-state index in [0.717, 1.165) is 0 Å². The SMILES string of the molecule is c1ccc(-c2c3c(c(-c4ccccc4)c4cc5c6ccccc6c6ccccc6c5cc24)-c2ccc4c5cccc6cccc(c7ccc-3c2c74)c65)cc1. The van der Waals surface area contributed by atoms with Crippen molar-refractivity contribution in [1.29, 1.82) is 0 Å². The smallest absolute Gasteiger partial charge is 0.000740 e. The maximum absolute atomic E-state index is 2.52. The Balaban J connectivity index is 1.30. The summed E-state index contributed by atoms with van der Waals surface area (Å²) in [6, 6.07) is 68.5. The van der Waals surface area contributed by atoms with Gasteiger partial charge in [0.05, 0.1) is 0 Å². The zero-order valence-corrected chi connectivity index (χ0v) is 29.3. The van der Waals surface area contributed by atoms with Crippen LogP contribution >= 0.6 is 0 Å². The molecular weight excluding hydrogens is 649 g/mol. The minimum Gasteiger partial charge on any atom is -0.0622 e. The molecule has 0 heteroatoms. The second-order valence-electron chi connectivity index (χ2n) is 15.0. The summed E-state index contributed by atoms with van der Waals surface area (Å²) in [7, 11) is 0. The van der Waals surface area contributed by atoms with Crippen molar-refractivity contribution in [2.45, 2.75) is 0 Å². The van der Waals surface area contributed by atoms with Gasteiger partial charge in [-0.05, 0) is 143 Å². The van der Waals surface area contributed by atoms with E-state index in [1.807, 2.05) is 0 Å². The molecule has 12 aromatic rings. The van der Waals surface area contributed by atoms with Crippen LogP contribution in [-0.2, 0) is 0 Å². The number of rotatable bonds is 2. The van der Waals surface area contributed by atoms with E-state index in [9.17, 15) is 0 Å². The van der Waals surface area contributed by atoms with Crippen LogP contribution in [0.2, 0.25) is 0 Å². The van der Waals surface area contributed by atoms with E-state index in [-0.39, 0.29) is 0 Å². The van der Waals surface area contributed by atoms with Crippen LogP contribution in [0, 0.1) is 0 Å². The normalized spacial score (nSPS) is 12.4. The summed E-state index contributed by atoms with van der Waals surface area (Å²) in [5.74, 6) is 0. The Hall–Kier alpha value is -7.02. The third-order valence-corrected chi connectivity index (χ3v) is 12.5. The van der Waals surface area contributed by atoms with E-state index in [0.29, 0.717) is 0 Å². The maximum atomic E-state index is 2.52. The Morgan fingerprint density at radius 3 is 1.06 bits per heavy atom. The predicted molar refractivity (Wildman–Crippen MR) is 233 cm³/mol. The zero-order valence-electron chi connectivity index (χ0n) is 29.3. The molecule has 0 N–H and O–H groups in total. The fourth-order valence-corrected chi connectivity index (χ4v) is 10.4. The first kappa shape index (κ1) is 28.6. The highest BCUT2D eigenvalue weighted by Gasteiger charge is 2.32. The standard InChI is InChI=1S/C54H30/c1-3-13-32(14-4-1)49-46-29-44-36-21-9-7-19-34(36)35-20-8-10-22-37(35)45(44)30-47(46)50(33-15-5-2-6-16-33)54-43-28-26-41-39-24-12-18-31-17-11-23-38(48(31)39)40-25-27-42(53(49)54)52(43)51(40)41/h1-30H. The van der Waals surface area contributed by atoms with Crippen LogP contribution in [-0.4, -0.2) is 0 Å². The molecule has 0 bridgehead atoms. The fourth-order valence-electron chi connectivity index (χ4n) is 10.4. The van der Waals surface area contributed by atoms with Gasteiger partial charge in [0.15, 0.2) is 0 Å². The van der Waals surface area contributed by atoms with Crippen molar-refractivity contribution in [3.8, 4) is 44.5 Å². The molecule has 0 unspecified atom stereocenters. The maximum Gasteiger partial charge on any atom is -0.000740 e. The Morgan fingerprint density at radius 2 is 0.593 bits per heavy atom. The van der Waals surface area contributed by atoms with E-state index in [4.69, 9.17) is 0 Å². The van der Waals surface area contributed by atoms with Gasteiger partial charge in [-0.3, -0.25) is 0 Å². The summed E-state index contributed by atoms with van der Waals surface area (Å²) in [4.78, 5) is 0. The van der Waals surface area contributed by atoms with E-state index < -0.39 is 0 Å². The van der Waals surface area contributed by atoms with Gasteiger partial charge < -0.3 is 0 Å². The summed E-state index contributed by atoms with van der Waals surface area (Å²) in [5.41, 5.74) is 10.4. The second kappa shape index (κ2) is 10.3. The van der Waals surface area contributed by atoms with Gasteiger partial charge in [-0.2, -0.15) is 0 Å². The van der Waals surface area contributed by atoms with Gasteiger partial charge in [0.25, 0.3) is 0 Å². The highest BCUT2D eigenvalue weighted by molar-refractivity contribution is 6.40. The molecule has 0 saturated heterocycles. The van der Waals surface area contributed by atoms with Crippen molar-refractivity contribution < 1.29 is 0 Å². The summed E-state index contributed by atoms with van der Waals surface area (Å²) in [6.07, 6.45) is 0. The molecule has 1 aliphatic carbocycles. The number of benzene rings is 12. The van der Waals surface area contributed by atoms with E-state index in [1.165, 1.54) is 131 Å². The van der Waals surface area contributed by atoms with Crippen molar-refractivity contribution in [1.82, 2.24) is 0 Å². The van der Waals surface area contributed by atoms with Gasteiger partial charge in [-0.1, -0.05) is 170 Å². The van der Waals surface area contributed by atoms with Gasteiger partial charge in [-0.15, -0.1) is 0 Å². The Kier molecular flexibility index (Phi) is 5.45. The number of hydrogen-bond acceptors (Lipinski definition) is 0. The highest BCUT2D eigenvalue weighted by Crippen LogP contribution is 2.60. The average Bonchev–Trinajstić information content (AvgIpc) is 3.57. The second-order valence-corrected chi connectivity index (χ2v) is 15.0. The van der Waals surface area contributed by atoms with Crippen LogP contribution in [0.4, 0.5) is 0 Å². The minimum atomic E-state index is 1.25. The molecule has 12 aromatic carbocycles. The summed E-state index contributed by atoms with van der Waals surface area (Å²) in [5, 5.41) is 21.1. The molecule has 0 nitrogen and oxygen atoms in total. The van der Waals surface area contributed by atoms with Crippen LogP contribution in [0.3, 0.4) is 0 Å². The van der Waals surface area contributed by atoms with Crippen LogP contribution in [0.1, 0.15) is 0 Å². The van der Waals surface area contributed by atoms with Crippen LogP contribution in [0.15, 0.2) is 182 Å². The molecule has 54 heavy (non-hydrogen) atoms. The van der Waals surface area contributed by atoms with Crippen LogP contribution < -0.4 is 0 Å². The zero-order chi connectivity index (χ0) is 35.1. The first-order valence-electron chi connectivity index (χ1n) is 18.9. The number of hydrogen-bond donors (Lipinski definition) is 0. The molecular formula is C54H30. The topological polar surface area (TPSA) is 0 Å². The molecule has 13 rings (SSSR count). The highest BCUT2D eigenvalue weighted by atomic mass is 14.3. The molecule has 0 fully saturated rings. The first-order chi connectivity index (χ1) is 26.8. The van der Waals surface area contributed by atoms with Crippen molar-refractivity contribution in [2.75, 3.05) is 0 Å². The van der Waals surface area contributed by atoms with Crippen LogP contribution in [0.25, 0.3) is 131 Å². The molecule has 0 aromatic heterocycles. The lowest BCUT2D eigenvalue weighted by atomic mass is 9.81. The molecule has 0 spiro atoms. The number of fused-ring (bicyclic) bond motifs is 12. The van der Waals surface area contributed by atoms with Gasteiger partial charge >= 0.3 is 0 Å². The summed E-state index contributed by atoms with van der Waals surface area (Å²) >= 11 is 0. The largest absolute Gasteiger partial charge is 0.0622 e. The Labute approximate surface area is 311 Å². The monoisotopic (exact) mass is 678 g/mol. The third kappa shape index (κ3) is 3.53. The van der Waals surface area contributed by atoms with Gasteiger partial charge in [0, 0.05) is 0 Å². The van der Waals surface area contributed by atoms with Crippen molar-refractivity contribution in [3.63, 3.8) is 0 Å². The van der Waals surface area contributed by atoms with E-state index in [1.54, 1.807) is 0 Å². The summed E-state index contributed by atoms with van der Waals surface area (Å²) in [6.45, 7) is 0. The molecule has 0 radical (unpaired) electrons. The lowest BCUT2D eigenvalue weighted by Gasteiger charge is -2.22. The summed E-state index contributed by atoms with van der Waals surface area (Å²) < 4.78 is 0. The molecule has 0 heterocycles. The first-order valence-corrected chi connectivity index (χ1v) is 18.9. The Bertz CT molecular complexity index is 3340. The molecule has 0 aliphatic heterocycles. The average molecular weight is 679 g/mol. The molecule has 0 saturated carbocycles. The molecule has 246 valence electrons. The van der Waals surface area contributed by atoms with Crippen LogP contribution in [0.5, 0.6) is 0 Å². The molecule has 0 atom stereocenters. The Morgan fingerprint density at radius 1 is 0.204 bits per heavy atom. The third-order valence-electron chi connectivity index (χ3n) is 12.5. The lowest BCUT2D eigenvalue weighted by Crippen LogP contribution is -1.94. The van der Waals surface area contributed by atoms with Gasteiger partial charge in [0.2, 0.25) is 0 Å². The molecule has 1 aliphatic rings. The predicted octanol–water partition coefficient (Wildman–Crippen LogP) is 15.3. The lowest BCUT2D eigenvalue weighted by molar-refractivity contribution is 1.63. The quantitative estimate of drug-likeness (QED) is 0.126.